The molecule has 0 amide bonds. The zero-order valence-electron chi connectivity index (χ0n) is 8.65. The Kier molecular flexibility index (Phi) is 3.82. The highest BCUT2D eigenvalue weighted by Crippen LogP contribution is 2.19. The van der Waals surface area contributed by atoms with Crippen molar-refractivity contribution in [3.8, 4) is 0 Å². The number of carboxylic acids is 1. The number of dihydropyridines is 1. The van der Waals surface area contributed by atoms with E-state index in [0.29, 0.717) is 6.29 Å². The molecule has 0 aliphatic carbocycles. The molecule has 1 aliphatic rings. The van der Waals surface area contributed by atoms with Crippen LogP contribution in [0.5, 0.6) is 0 Å². The van der Waals surface area contributed by atoms with Gasteiger partial charge in [-0.25, -0.2) is 9.59 Å². The molecule has 0 atom stereocenters. The van der Waals surface area contributed by atoms with Crippen LogP contribution in [0.15, 0.2) is 23.0 Å². The molecule has 0 saturated carbocycles. The number of nitrogens with one attached hydrogen (secondary N) is 1. The molecule has 0 aromatic rings. The van der Waals surface area contributed by atoms with E-state index >= 15 is 0 Å². The number of allylic oxidation sites excluding steroid dienone is 1. The van der Waals surface area contributed by atoms with Crippen LogP contribution in [0.4, 0.5) is 0 Å². The van der Waals surface area contributed by atoms with Crippen molar-refractivity contribution >= 4 is 18.2 Å². The number of aliphatic carboxylic acids is 1. The van der Waals surface area contributed by atoms with Crippen molar-refractivity contribution in [3.05, 3.63) is 23.0 Å². The Morgan fingerprint density at radius 3 is 2.81 bits per heavy atom. The van der Waals surface area contributed by atoms with Crippen LogP contribution in [-0.2, 0) is 19.1 Å². The van der Waals surface area contributed by atoms with E-state index in [1.54, 1.807) is 6.92 Å². The maximum absolute atomic E-state index is 11.4. The van der Waals surface area contributed by atoms with Gasteiger partial charge in [-0.15, -0.1) is 0 Å². The van der Waals surface area contributed by atoms with E-state index in [9.17, 15) is 14.4 Å². The highest BCUT2D eigenvalue weighted by molar-refractivity contribution is 5.99. The normalized spacial score (nSPS) is 14.9. The molecule has 1 rings (SSSR count). The van der Waals surface area contributed by atoms with Gasteiger partial charge in [0.15, 0.2) is 6.29 Å². The number of ether oxygens (including phenoxy) is 1. The van der Waals surface area contributed by atoms with Crippen LogP contribution in [0.2, 0.25) is 0 Å². The van der Waals surface area contributed by atoms with Gasteiger partial charge in [0, 0.05) is 12.6 Å². The first-order valence-corrected chi connectivity index (χ1v) is 4.64. The molecule has 0 saturated heterocycles. The molecular weight excluding hydrogens is 214 g/mol. The summed E-state index contributed by atoms with van der Waals surface area (Å²) >= 11 is 0. The highest BCUT2D eigenvalue weighted by atomic mass is 16.5. The number of esters is 1. The average Bonchev–Trinajstić information content (AvgIpc) is 2.28. The molecule has 1 heterocycles. The topological polar surface area (TPSA) is 92.7 Å². The van der Waals surface area contributed by atoms with Crippen LogP contribution in [-0.4, -0.2) is 29.9 Å². The van der Waals surface area contributed by atoms with Gasteiger partial charge in [-0.1, -0.05) is 0 Å². The van der Waals surface area contributed by atoms with Crippen molar-refractivity contribution in [2.24, 2.45) is 0 Å². The predicted molar refractivity (Wildman–Crippen MR) is 53.2 cm³/mol. The first-order valence-electron chi connectivity index (χ1n) is 4.64. The van der Waals surface area contributed by atoms with Crippen molar-refractivity contribution < 1.29 is 24.2 Å². The standard InChI is InChI=1S/C10H11NO5/c1-2-16-10(15)7-3-6(9(13)14)4-11-8(7)5-12/h4-5,11H,2-3H2,1H3,(H,13,14). The summed E-state index contributed by atoms with van der Waals surface area (Å²) in [6.07, 6.45) is 1.53. The second-order valence-corrected chi connectivity index (χ2v) is 3.03. The van der Waals surface area contributed by atoms with Crippen molar-refractivity contribution in [2.45, 2.75) is 13.3 Å². The number of rotatable bonds is 4. The lowest BCUT2D eigenvalue weighted by Gasteiger charge is -2.15. The van der Waals surface area contributed by atoms with Crippen molar-refractivity contribution in [1.82, 2.24) is 5.32 Å². The monoisotopic (exact) mass is 225 g/mol. The number of hydrogen-bond donors (Lipinski definition) is 2. The van der Waals surface area contributed by atoms with Crippen molar-refractivity contribution in [3.63, 3.8) is 0 Å². The molecule has 2 N–H and O–H groups in total. The molecule has 86 valence electrons. The third kappa shape index (κ3) is 2.47. The number of carboxylic acid groups (broad SMARTS) is 1. The Bertz CT molecular complexity index is 394. The van der Waals surface area contributed by atoms with E-state index in [1.807, 2.05) is 0 Å². The van der Waals surface area contributed by atoms with E-state index in [1.165, 1.54) is 6.20 Å². The fourth-order valence-corrected chi connectivity index (χ4v) is 1.23. The first kappa shape index (κ1) is 12.0. The Labute approximate surface area is 91.6 Å². The molecule has 0 unspecified atom stereocenters. The third-order valence-electron chi connectivity index (χ3n) is 2.01. The van der Waals surface area contributed by atoms with Crippen LogP contribution in [0.3, 0.4) is 0 Å². The molecule has 0 fully saturated rings. The Morgan fingerprint density at radius 1 is 1.62 bits per heavy atom. The highest BCUT2D eigenvalue weighted by Gasteiger charge is 2.24. The number of hydrogen-bond acceptors (Lipinski definition) is 5. The van der Waals surface area contributed by atoms with E-state index in [0.717, 1.165) is 0 Å². The fraction of sp³-hybridized carbons (Fsp3) is 0.300. The van der Waals surface area contributed by atoms with E-state index in [-0.39, 0.29) is 29.9 Å². The van der Waals surface area contributed by atoms with E-state index in [2.05, 4.69) is 5.32 Å². The predicted octanol–water partition coefficient (Wildman–Crippen LogP) is -0.0357. The Balaban J connectivity index is 2.92. The summed E-state index contributed by atoms with van der Waals surface area (Å²) in [6, 6.07) is 0. The zero-order valence-corrected chi connectivity index (χ0v) is 8.65. The maximum atomic E-state index is 11.4. The molecule has 1 aliphatic heterocycles. The molecule has 0 radical (unpaired) electrons. The minimum Gasteiger partial charge on any atom is -0.478 e. The third-order valence-corrected chi connectivity index (χ3v) is 2.01. The second kappa shape index (κ2) is 5.11. The molecule has 0 bridgehead atoms. The van der Waals surface area contributed by atoms with Crippen molar-refractivity contribution in [1.29, 1.82) is 0 Å². The minimum absolute atomic E-state index is 0.00801. The molecule has 0 aromatic heterocycles. The van der Waals surface area contributed by atoms with Crippen LogP contribution in [0.1, 0.15) is 13.3 Å². The van der Waals surface area contributed by atoms with Gasteiger partial charge >= 0.3 is 11.9 Å². The molecular formula is C10H11NO5. The molecule has 6 nitrogen and oxygen atoms in total. The van der Waals surface area contributed by atoms with Gasteiger partial charge in [0.05, 0.1) is 23.5 Å². The summed E-state index contributed by atoms with van der Waals surface area (Å²) in [4.78, 5) is 32.8. The lowest BCUT2D eigenvalue weighted by atomic mass is 10.0. The minimum atomic E-state index is -1.14. The lowest BCUT2D eigenvalue weighted by Crippen LogP contribution is -2.24. The van der Waals surface area contributed by atoms with E-state index < -0.39 is 11.9 Å². The Hall–Kier alpha value is -2.11. The van der Waals surface area contributed by atoms with Crippen LogP contribution in [0, 0.1) is 0 Å². The summed E-state index contributed by atoms with van der Waals surface area (Å²) in [5.74, 6) is -1.82. The zero-order chi connectivity index (χ0) is 12.1. The molecule has 0 spiro atoms. The summed E-state index contributed by atoms with van der Waals surface area (Å²) in [5.41, 5.74) is 0.0915. The van der Waals surface area contributed by atoms with Gasteiger partial charge in [0.1, 0.15) is 0 Å². The van der Waals surface area contributed by atoms with Crippen LogP contribution in [0.25, 0.3) is 0 Å². The average molecular weight is 225 g/mol. The van der Waals surface area contributed by atoms with Crippen LogP contribution >= 0.6 is 0 Å². The molecule has 0 aromatic carbocycles. The van der Waals surface area contributed by atoms with Gasteiger partial charge in [-0.05, 0) is 6.92 Å². The first-order chi connectivity index (χ1) is 7.60. The number of carbonyl (C=O) groups is 3. The van der Waals surface area contributed by atoms with Gasteiger partial charge in [-0.2, -0.15) is 0 Å². The fourth-order valence-electron chi connectivity index (χ4n) is 1.23. The van der Waals surface area contributed by atoms with Gasteiger partial charge < -0.3 is 15.2 Å². The summed E-state index contributed by atoms with van der Waals surface area (Å²) < 4.78 is 4.73. The van der Waals surface area contributed by atoms with Crippen LogP contribution < -0.4 is 5.32 Å². The number of aldehydes is 1. The summed E-state index contributed by atoms with van der Waals surface area (Å²) in [7, 11) is 0. The van der Waals surface area contributed by atoms with Gasteiger partial charge in [0.25, 0.3) is 0 Å². The van der Waals surface area contributed by atoms with Crippen molar-refractivity contribution in [2.75, 3.05) is 6.61 Å². The molecule has 16 heavy (non-hydrogen) atoms. The largest absolute Gasteiger partial charge is 0.478 e. The van der Waals surface area contributed by atoms with Gasteiger partial charge in [-0.3, -0.25) is 4.79 Å². The van der Waals surface area contributed by atoms with E-state index in [4.69, 9.17) is 9.84 Å². The Morgan fingerprint density at radius 2 is 2.31 bits per heavy atom. The summed E-state index contributed by atoms with van der Waals surface area (Å²) in [6.45, 7) is 1.80. The quantitative estimate of drug-likeness (QED) is 0.515. The SMILES string of the molecule is CCOC(=O)C1=C(C=O)NC=C(C(=O)O)C1. The lowest BCUT2D eigenvalue weighted by molar-refractivity contribution is -0.138. The molecule has 6 heteroatoms. The second-order valence-electron chi connectivity index (χ2n) is 3.03. The smallest absolute Gasteiger partial charge is 0.336 e. The summed E-state index contributed by atoms with van der Waals surface area (Å²) in [5, 5.41) is 11.2. The maximum Gasteiger partial charge on any atom is 0.336 e. The van der Waals surface area contributed by atoms with Gasteiger partial charge in [0.2, 0.25) is 0 Å². The number of carbonyl (C=O) groups excluding carboxylic acids is 2.